The third-order valence-corrected chi connectivity index (χ3v) is 9.72. The zero-order chi connectivity index (χ0) is 13.4. The summed E-state index contributed by atoms with van der Waals surface area (Å²) in [6.45, 7) is 9.35. The molecule has 0 radical (unpaired) electrons. The first kappa shape index (κ1) is 16.2. The van der Waals surface area contributed by atoms with Crippen molar-refractivity contribution in [2.45, 2.75) is 96.9 Å². The highest BCUT2D eigenvalue weighted by atomic mass is 28.4. The summed E-state index contributed by atoms with van der Waals surface area (Å²) >= 11 is 0. The SMILES string of the molecule is CCC[Si](CCC)(CCC)OC(C)C1CCCC1. The molecule has 0 bridgehead atoms. The molecule has 108 valence electrons. The molecule has 1 rings (SSSR count). The molecule has 18 heavy (non-hydrogen) atoms. The molecule has 0 aromatic heterocycles. The van der Waals surface area contributed by atoms with Gasteiger partial charge in [-0.3, -0.25) is 0 Å². The lowest BCUT2D eigenvalue weighted by Crippen LogP contribution is -2.42. The molecule has 0 N–H and O–H groups in total. The van der Waals surface area contributed by atoms with Crippen LogP contribution in [0.15, 0.2) is 0 Å². The fourth-order valence-electron chi connectivity index (χ4n) is 3.84. The summed E-state index contributed by atoms with van der Waals surface area (Å²) in [6.07, 6.45) is 10.1. The molecule has 1 unspecified atom stereocenters. The number of hydrogen-bond acceptors (Lipinski definition) is 1. The Morgan fingerprint density at radius 2 is 1.39 bits per heavy atom. The van der Waals surface area contributed by atoms with Gasteiger partial charge in [-0.05, 0) is 43.8 Å². The zero-order valence-corrected chi connectivity index (χ0v) is 14.1. The largest absolute Gasteiger partial charge is 0.414 e. The summed E-state index contributed by atoms with van der Waals surface area (Å²) in [4.78, 5) is 0. The Balaban J connectivity index is 2.61. The molecule has 1 fully saturated rings. The predicted molar refractivity (Wildman–Crippen MR) is 83.6 cm³/mol. The molecule has 1 aliphatic rings. The van der Waals surface area contributed by atoms with Crippen LogP contribution in [0, 0.1) is 5.92 Å². The van der Waals surface area contributed by atoms with Crippen molar-refractivity contribution in [1.29, 1.82) is 0 Å². The first-order valence-electron chi connectivity index (χ1n) is 8.35. The van der Waals surface area contributed by atoms with Gasteiger partial charge in [0.15, 0.2) is 8.32 Å². The van der Waals surface area contributed by atoms with Crippen molar-refractivity contribution in [3.8, 4) is 0 Å². The maximum Gasteiger partial charge on any atom is 0.193 e. The van der Waals surface area contributed by atoms with Crippen LogP contribution in [0.3, 0.4) is 0 Å². The Hall–Kier alpha value is 0.177. The third-order valence-electron chi connectivity index (χ3n) is 4.62. The van der Waals surface area contributed by atoms with Crippen LogP contribution < -0.4 is 0 Å². The van der Waals surface area contributed by atoms with E-state index < -0.39 is 8.32 Å². The Morgan fingerprint density at radius 1 is 0.944 bits per heavy atom. The number of rotatable bonds is 9. The van der Waals surface area contributed by atoms with Crippen molar-refractivity contribution in [3.05, 3.63) is 0 Å². The molecule has 1 atom stereocenters. The van der Waals surface area contributed by atoms with E-state index >= 15 is 0 Å². The zero-order valence-electron chi connectivity index (χ0n) is 13.1. The van der Waals surface area contributed by atoms with E-state index in [1.807, 2.05) is 0 Å². The first-order chi connectivity index (χ1) is 8.67. The lowest BCUT2D eigenvalue weighted by Gasteiger charge is -2.36. The van der Waals surface area contributed by atoms with Crippen molar-refractivity contribution in [3.63, 3.8) is 0 Å². The van der Waals surface area contributed by atoms with Crippen LogP contribution in [0.25, 0.3) is 0 Å². The molecule has 0 aliphatic heterocycles. The lowest BCUT2D eigenvalue weighted by molar-refractivity contribution is 0.139. The summed E-state index contributed by atoms with van der Waals surface area (Å²) in [5.74, 6) is 0.863. The maximum absolute atomic E-state index is 6.78. The van der Waals surface area contributed by atoms with E-state index in [2.05, 4.69) is 27.7 Å². The molecule has 2 heteroatoms. The van der Waals surface area contributed by atoms with Gasteiger partial charge in [0.25, 0.3) is 0 Å². The second-order valence-electron chi connectivity index (χ2n) is 6.30. The third kappa shape index (κ3) is 4.69. The Morgan fingerprint density at radius 3 is 1.78 bits per heavy atom. The van der Waals surface area contributed by atoms with Gasteiger partial charge in [-0.15, -0.1) is 0 Å². The maximum atomic E-state index is 6.78. The Bertz CT molecular complexity index is 194. The molecule has 1 nitrogen and oxygen atoms in total. The summed E-state index contributed by atoms with van der Waals surface area (Å²) in [5.41, 5.74) is 0. The fourth-order valence-corrected chi connectivity index (χ4v) is 8.65. The van der Waals surface area contributed by atoms with Crippen molar-refractivity contribution >= 4 is 8.32 Å². The minimum absolute atomic E-state index is 0.531. The van der Waals surface area contributed by atoms with E-state index in [-0.39, 0.29) is 0 Å². The molecule has 0 saturated heterocycles. The van der Waals surface area contributed by atoms with Gasteiger partial charge in [-0.25, -0.2) is 0 Å². The van der Waals surface area contributed by atoms with Crippen LogP contribution in [0.4, 0.5) is 0 Å². The van der Waals surface area contributed by atoms with Gasteiger partial charge in [-0.1, -0.05) is 52.9 Å². The van der Waals surface area contributed by atoms with E-state index in [0.717, 1.165) is 5.92 Å². The summed E-state index contributed by atoms with van der Waals surface area (Å²) in [6, 6.07) is 4.14. The van der Waals surface area contributed by atoms with Crippen LogP contribution in [-0.4, -0.2) is 14.4 Å². The molecular weight excluding hydrogens is 236 g/mol. The van der Waals surface area contributed by atoms with E-state index in [1.165, 1.54) is 63.1 Å². The van der Waals surface area contributed by atoms with E-state index in [9.17, 15) is 0 Å². The monoisotopic (exact) mass is 270 g/mol. The fraction of sp³-hybridized carbons (Fsp3) is 1.00. The van der Waals surface area contributed by atoms with E-state index in [1.54, 1.807) is 0 Å². The molecule has 1 saturated carbocycles. The highest BCUT2D eigenvalue weighted by Gasteiger charge is 2.36. The van der Waals surface area contributed by atoms with Gasteiger partial charge in [-0.2, -0.15) is 0 Å². The average molecular weight is 271 g/mol. The number of hydrogen-bond donors (Lipinski definition) is 0. The predicted octanol–water partition coefficient (Wildman–Crippen LogP) is 5.76. The average Bonchev–Trinajstić information content (AvgIpc) is 2.83. The summed E-state index contributed by atoms with van der Waals surface area (Å²) in [5, 5.41) is 0. The van der Waals surface area contributed by atoms with E-state index in [4.69, 9.17) is 4.43 Å². The molecule has 0 amide bonds. The highest BCUT2D eigenvalue weighted by Crippen LogP contribution is 2.35. The van der Waals surface area contributed by atoms with Gasteiger partial charge in [0.05, 0.1) is 0 Å². The van der Waals surface area contributed by atoms with Gasteiger partial charge in [0, 0.05) is 6.10 Å². The molecular formula is C16H34OSi. The second kappa shape index (κ2) is 8.37. The topological polar surface area (TPSA) is 9.23 Å². The van der Waals surface area contributed by atoms with Crippen LogP contribution in [0.5, 0.6) is 0 Å². The van der Waals surface area contributed by atoms with Gasteiger partial charge >= 0.3 is 0 Å². The van der Waals surface area contributed by atoms with Crippen molar-refractivity contribution in [2.75, 3.05) is 0 Å². The van der Waals surface area contributed by atoms with Crippen LogP contribution in [-0.2, 0) is 4.43 Å². The molecule has 0 aromatic rings. The summed E-state index contributed by atoms with van der Waals surface area (Å²) in [7, 11) is -1.43. The molecule has 0 spiro atoms. The van der Waals surface area contributed by atoms with E-state index in [0.29, 0.717) is 6.10 Å². The molecule has 0 aromatic carbocycles. The van der Waals surface area contributed by atoms with Crippen LogP contribution in [0.2, 0.25) is 18.1 Å². The van der Waals surface area contributed by atoms with Crippen molar-refractivity contribution in [1.82, 2.24) is 0 Å². The van der Waals surface area contributed by atoms with Crippen molar-refractivity contribution in [2.24, 2.45) is 5.92 Å². The minimum Gasteiger partial charge on any atom is -0.414 e. The minimum atomic E-state index is -1.43. The normalized spacial score (nSPS) is 19.3. The van der Waals surface area contributed by atoms with Crippen LogP contribution in [0.1, 0.15) is 72.6 Å². The van der Waals surface area contributed by atoms with Gasteiger partial charge in [0.1, 0.15) is 0 Å². The van der Waals surface area contributed by atoms with Crippen molar-refractivity contribution < 1.29 is 4.43 Å². The summed E-state index contributed by atoms with van der Waals surface area (Å²) < 4.78 is 6.78. The van der Waals surface area contributed by atoms with Gasteiger partial charge in [0.2, 0.25) is 0 Å². The first-order valence-corrected chi connectivity index (χ1v) is 10.9. The Kier molecular flexibility index (Phi) is 7.55. The Labute approximate surface area is 116 Å². The quantitative estimate of drug-likeness (QED) is 0.484. The molecule has 1 aliphatic carbocycles. The standard InChI is InChI=1S/C16H34OSi/c1-5-12-18(13-6-2,14-7-3)17-15(4)16-10-8-9-11-16/h15-16H,5-14H2,1-4H3. The highest BCUT2D eigenvalue weighted by molar-refractivity contribution is 6.73. The second-order valence-corrected chi connectivity index (χ2v) is 10.4. The van der Waals surface area contributed by atoms with Gasteiger partial charge < -0.3 is 4.43 Å². The molecule has 0 heterocycles. The smallest absolute Gasteiger partial charge is 0.193 e. The lowest BCUT2D eigenvalue weighted by atomic mass is 10.0. The van der Waals surface area contributed by atoms with Crippen LogP contribution >= 0.6 is 0 Å².